The van der Waals surface area contributed by atoms with Gasteiger partial charge < -0.3 is 29.7 Å². The maximum Gasteiger partial charge on any atom is 0.313 e. The summed E-state index contributed by atoms with van der Waals surface area (Å²) in [7, 11) is 0. The molecule has 0 saturated carbocycles. The summed E-state index contributed by atoms with van der Waals surface area (Å²) in [5, 5.41) is 12.4. The van der Waals surface area contributed by atoms with Gasteiger partial charge in [0.2, 0.25) is 17.7 Å². The minimum absolute atomic E-state index is 0.0485. The van der Waals surface area contributed by atoms with Gasteiger partial charge in [0.05, 0.1) is 18.1 Å². The summed E-state index contributed by atoms with van der Waals surface area (Å²) >= 11 is 0. The molecule has 4 aliphatic rings. The van der Waals surface area contributed by atoms with Crippen LogP contribution in [0.5, 0.6) is 0 Å². The van der Waals surface area contributed by atoms with Crippen molar-refractivity contribution < 1.29 is 33.8 Å². The van der Waals surface area contributed by atoms with Crippen LogP contribution in [-0.4, -0.2) is 87.6 Å². The van der Waals surface area contributed by atoms with E-state index in [2.05, 4.69) is 39.9 Å². The van der Waals surface area contributed by atoms with Gasteiger partial charge in [-0.1, -0.05) is 75.4 Å². The number of rotatable bonds is 8. The number of hydrogen-bond acceptors (Lipinski definition) is 7. The topological polar surface area (TPSA) is 125 Å². The van der Waals surface area contributed by atoms with Crippen LogP contribution in [0.15, 0.2) is 54.6 Å². The molecular formula is C38H53N3O7. The fourth-order valence-corrected chi connectivity index (χ4v) is 8.45. The number of ether oxygens (including phenoxy) is 2. The van der Waals surface area contributed by atoms with Gasteiger partial charge in [0.1, 0.15) is 23.7 Å². The van der Waals surface area contributed by atoms with Gasteiger partial charge in [0.25, 0.3) is 0 Å². The molecular weight excluding hydrogens is 610 g/mol. The van der Waals surface area contributed by atoms with Crippen LogP contribution < -0.4 is 5.32 Å². The monoisotopic (exact) mass is 663 g/mol. The van der Waals surface area contributed by atoms with E-state index in [-0.39, 0.29) is 36.2 Å². The van der Waals surface area contributed by atoms with Gasteiger partial charge in [-0.2, -0.15) is 0 Å². The van der Waals surface area contributed by atoms with Crippen molar-refractivity contribution in [1.29, 1.82) is 0 Å². The number of nitrogens with one attached hydrogen (secondary N) is 1. The summed E-state index contributed by atoms with van der Waals surface area (Å²) < 4.78 is 13.1. The molecule has 5 rings (SSSR count). The summed E-state index contributed by atoms with van der Waals surface area (Å²) in [6, 6.07) is 7.76. The lowest BCUT2D eigenvalue weighted by molar-refractivity contribution is -0.161. The van der Waals surface area contributed by atoms with Crippen molar-refractivity contribution in [2.45, 2.75) is 115 Å². The van der Waals surface area contributed by atoms with Crippen molar-refractivity contribution in [2.24, 2.45) is 17.3 Å². The third-order valence-corrected chi connectivity index (χ3v) is 10.1. The molecule has 1 aromatic carbocycles. The fraction of sp³-hybridized carbons (Fsp3) is 0.632. The Morgan fingerprint density at radius 3 is 2.40 bits per heavy atom. The Kier molecular flexibility index (Phi) is 10.6. The molecule has 7 atom stereocenters. The summed E-state index contributed by atoms with van der Waals surface area (Å²) in [4.78, 5) is 60.3. The first-order chi connectivity index (χ1) is 22.7. The number of hydrogen-bond donors (Lipinski definition) is 2. The third-order valence-electron chi connectivity index (χ3n) is 10.1. The molecule has 1 aromatic rings. The highest BCUT2D eigenvalue weighted by Gasteiger charge is 2.72. The second kappa shape index (κ2) is 14.2. The number of cyclic esters (lactones) is 1. The SMILES string of the molecule is C[C@@H]1NC(=O)CC/C=C\[C@@H]2O[C@@]34C=CCN(C(C)(C)CC(C)(C)C)C(=O)[C@@H]3N(CCCCCO)C(=O)[C@H]4[C@@H]2C(=O)O[C@H]1c1ccccc1. The molecule has 0 aromatic heterocycles. The van der Waals surface area contributed by atoms with Crippen molar-refractivity contribution in [2.75, 3.05) is 19.7 Å². The number of carbonyl (C=O) groups is 4. The number of aliphatic hydroxyl groups excluding tert-OH is 1. The van der Waals surface area contributed by atoms with Crippen molar-refractivity contribution in [3.05, 3.63) is 60.2 Å². The number of carbonyl (C=O) groups excluding carboxylic acids is 4. The zero-order chi connectivity index (χ0) is 34.9. The highest BCUT2D eigenvalue weighted by molar-refractivity contribution is 5.99. The highest BCUT2D eigenvalue weighted by atomic mass is 16.6. The van der Waals surface area contributed by atoms with Crippen LogP contribution >= 0.6 is 0 Å². The largest absolute Gasteiger partial charge is 0.455 e. The molecule has 0 bridgehead atoms. The second-order valence-corrected chi connectivity index (χ2v) is 15.7. The van der Waals surface area contributed by atoms with E-state index in [0.29, 0.717) is 38.8 Å². The van der Waals surface area contributed by atoms with Crippen LogP contribution in [0.1, 0.15) is 91.7 Å². The predicted octanol–water partition coefficient (Wildman–Crippen LogP) is 4.48. The van der Waals surface area contributed by atoms with Gasteiger partial charge in [0.15, 0.2) is 0 Å². The Morgan fingerprint density at radius 1 is 0.979 bits per heavy atom. The molecule has 10 nitrogen and oxygen atoms in total. The number of benzene rings is 1. The smallest absolute Gasteiger partial charge is 0.313 e. The van der Waals surface area contributed by atoms with Gasteiger partial charge in [-0.05, 0) is 63.9 Å². The number of amides is 3. The van der Waals surface area contributed by atoms with E-state index in [0.717, 1.165) is 12.0 Å². The predicted molar refractivity (Wildman–Crippen MR) is 181 cm³/mol. The van der Waals surface area contributed by atoms with Crippen LogP contribution in [0.3, 0.4) is 0 Å². The lowest BCUT2D eigenvalue weighted by Gasteiger charge is -2.44. The molecule has 4 aliphatic heterocycles. The van der Waals surface area contributed by atoms with E-state index in [1.54, 1.807) is 17.9 Å². The molecule has 3 amide bonds. The minimum Gasteiger partial charge on any atom is -0.455 e. The average molecular weight is 664 g/mol. The molecule has 48 heavy (non-hydrogen) atoms. The number of likely N-dealkylation sites (tertiary alicyclic amines) is 1. The average Bonchev–Trinajstić information content (AvgIpc) is 3.38. The first-order valence-corrected chi connectivity index (χ1v) is 17.5. The van der Waals surface area contributed by atoms with Crippen molar-refractivity contribution in [3.8, 4) is 0 Å². The number of fused-ring (bicyclic) bond motifs is 2. The molecule has 0 unspecified atom stereocenters. The fourth-order valence-electron chi connectivity index (χ4n) is 8.45. The summed E-state index contributed by atoms with van der Waals surface area (Å²) in [5.41, 5.74) is -1.26. The van der Waals surface area contributed by atoms with Gasteiger partial charge in [-0.25, -0.2) is 0 Å². The summed E-state index contributed by atoms with van der Waals surface area (Å²) in [6.07, 6.45) is 8.98. The van der Waals surface area contributed by atoms with E-state index in [4.69, 9.17) is 9.47 Å². The van der Waals surface area contributed by atoms with E-state index in [1.807, 2.05) is 53.5 Å². The van der Waals surface area contributed by atoms with Gasteiger partial charge >= 0.3 is 5.97 Å². The number of aliphatic hydroxyl groups is 1. The Balaban J connectivity index is 1.58. The molecule has 2 fully saturated rings. The molecule has 2 saturated heterocycles. The van der Waals surface area contributed by atoms with Crippen LogP contribution in [-0.2, 0) is 28.7 Å². The number of unbranched alkanes of at least 4 members (excludes halogenated alkanes) is 2. The Bertz CT molecular complexity index is 1420. The molecule has 0 radical (unpaired) electrons. The lowest BCUT2D eigenvalue weighted by atomic mass is 9.77. The molecule has 4 heterocycles. The van der Waals surface area contributed by atoms with Crippen LogP contribution in [0, 0.1) is 17.3 Å². The number of allylic oxidation sites excluding steroid dienone is 1. The van der Waals surface area contributed by atoms with Crippen LogP contribution in [0.4, 0.5) is 0 Å². The normalized spacial score (nSPS) is 32.0. The number of nitrogens with zero attached hydrogens (tertiary/aromatic N) is 2. The zero-order valence-electron chi connectivity index (χ0n) is 29.3. The molecule has 1 spiro atoms. The zero-order valence-corrected chi connectivity index (χ0v) is 29.3. The third kappa shape index (κ3) is 7.10. The summed E-state index contributed by atoms with van der Waals surface area (Å²) in [5.74, 6) is -3.28. The first kappa shape index (κ1) is 35.8. The van der Waals surface area contributed by atoms with Crippen LogP contribution in [0.25, 0.3) is 0 Å². The number of esters is 1. The molecule has 262 valence electrons. The van der Waals surface area contributed by atoms with Crippen LogP contribution in [0.2, 0.25) is 0 Å². The molecule has 2 N–H and O–H groups in total. The lowest BCUT2D eigenvalue weighted by Crippen LogP contribution is -2.59. The van der Waals surface area contributed by atoms with Crippen molar-refractivity contribution >= 4 is 23.7 Å². The molecule has 0 aliphatic carbocycles. The highest BCUT2D eigenvalue weighted by Crippen LogP contribution is 2.54. The van der Waals surface area contributed by atoms with Gasteiger partial charge in [-0.3, -0.25) is 19.2 Å². The van der Waals surface area contributed by atoms with Crippen molar-refractivity contribution in [1.82, 2.24) is 15.1 Å². The van der Waals surface area contributed by atoms with Crippen molar-refractivity contribution in [3.63, 3.8) is 0 Å². The van der Waals surface area contributed by atoms with Gasteiger partial charge in [-0.15, -0.1) is 0 Å². The van der Waals surface area contributed by atoms with E-state index in [9.17, 15) is 24.3 Å². The Morgan fingerprint density at radius 2 is 1.71 bits per heavy atom. The second-order valence-electron chi connectivity index (χ2n) is 15.7. The Hall–Kier alpha value is -3.50. The van der Waals surface area contributed by atoms with E-state index < -0.39 is 53.2 Å². The molecule has 10 heteroatoms. The van der Waals surface area contributed by atoms with E-state index >= 15 is 0 Å². The van der Waals surface area contributed by atoms with E-state index in [1.165, 1.54) is 0 Å². The maximum absolute atomic E-state index is 14.9. The summed E-state index contributed by atoms with van der Waals surface area (Å²) in [6.45, 7) is 13.1. The minimum atomic E-state index is -1.39. The van der Waals surface area contributed by atoms with Gasteiger partial charge in [0, 0.05) is 31.7 Å². The first-order valence-electron chi connectivity index (χ1n) is 17.5. The standard InChI is InChI=1S/C38H53N3O7/c1-25-31(26-16-9-7-10-17-26)47-35(46)29-27(18-11-12-19-28(43)39-25)48-38-20-15-22-41(37(5,6)24-36(2,3)4)34(45)32(38)40(33(44)30(29)38)21-13-8-14-23-42/h7,9-11,15-18,20,25,27,29-32,42H,8,12-14,19,21-24H2,1-6H3,(H,39,43)/b18-11-/t25-,27-,29+,30+,31+,32-,38+/m0/s1. The quantitative estimate of drug-likeness (QED) is 0.239. The Labute approximate surface area is 284 Å². The maximum atomic E-state index is 14.9.